The quantitative estimate of drug-likeness (QED) is 0.900. The first-order valence-corrected chi connectivity index (χ1v) is 8.09. The van der Waals surface area contributed by atoms with Gasteiger partial charge in [-0.25, -0.2) is 0 Å². The summed E-state index contributed by atoms with van der Waals surface area (Å²) in [5.74, 6) is 1.16. The van der Waals surface area contributed by atoms with E-state index < -0.39 is 0 Å². The number of hydrogen-bond acceptors (Lipinski definition) is 2. The standard InChI is InChI=1S/C14H19BrN2S/c1-3-14(2)8-9-18-13(17-14)16-10-11-4-6-12(15)7-5-11/h4-7H,3,8-10H2,1-2H3,(H,16,17). The Labute approximate surface area is 122 Å². The monoisotopic (exact) mass is 326 g/mol. The van der Waals surface area contributed by atoms with Crippen molar-refractivity contribution in [3.8, 4) is 0 Å². The molecule has 1 aliphatic rings. The first-order valence-electron chi connectivity index (χ1n) is 6.31. The highest BCUT2D eigenvalue weighted by molar-refractivity contribution is 9.10. The summed E-state index contributed by atoms with van der Waals surface area (Å²) in [4.78, 5) is 4.68. The molecular weight excluding hydrogens is 308 g/mol. The summed E-state index contributed by atoms with van der Waals surface area (Å²) in [7, 11) is 0. The van der Waals surface area contributed by atoms with Crippen LogP contribution in [-0.2, 0) is 6.54 Å². The molecule has 1 N–H and O–H groups in total. The Balaban J connectivity index is 1.99. The molecule has 1 aromatic carbocycles. The second kappa shape index (κ2) is 6.11. The van der Waals surface area contributed by atoms with Crippen molar-refractivity contribution >= 4 is 32.9 Å². The van der Waals surface area contributed by atoms with Crippen molar-refractivity contribution in [2.24, 2.45) is 4.99 Å². The highest BCUT2D eigenvalue weighted by atomic mass is 79.9. The van der Waals surface area contributed by atoms with Crippen molar-refractivity contribution in [3.05, 3.63) is 34.3 Å². The molecule has 1 unspecified atom stereocenters. The molecule has 0 amide bonds. The van der Waals surface area contributed by atoms with Crippen molar-refractivity contribution < 1.29 is 0 Å². The van der Waals surface area contributed by atoms with Crippen molar-refractivity contribution in [2.45, 2.75) is 38.8 Å². The predicted octanol–water partition coefficient (Wildman–Crippen LogP) is 4.20. The maximum absolute atomic E-state index is 4.68. The Hall–Kier alpha value is -0.480. The number of thioether (sulfide) groups is 1. The first-order chi connectivity index (χ1) is 8.61. The van der Waals surface area contributed by atoms with E-state index in [1.54, 1.807) is 0 Å². The van der Waals surface area contributed by atoms with Gasteiger partial charge in [0.1, 0.15) is 0 Å². The van der Waals surface area contributed by atoms with Gasteiger partial charge in [0.25, 0.3) is 0 Å². The Kier molecular flexibility index (Phi) is 4.73. The molecule has 1 fully saturated rings. The van der Waals surface area contributed by atoms with Gasteiger partial charge in [-0.1, -0.05) is 46.7 Å². The summed E-state index contributed by atoms with van der Waals surface area (Å²) in [5.41, 5.74) is 1.47. The van der Waals surface area contributed by atoms with Crippen LogP contribution in [0, 0.1) is 0 Å². The van der Waals surface area contributed by atoms with Gasteiger partial charge < -0.3 is 5.32 Å². The van der Waals surface area contributed by atoms with Crippen LogP contribution in [0.5, 0.6) is 0 Å². The summed E-state index contributed by atoms with van der Waals surface area (Å²) in [5, 5.41) is 4.66. The van der Waals surface area contributed by atoms with E-state index in [2.05, 4.69) is 64.4 Å². The van der Waals surface area contributed by atoms with Crippen molar-refractivity contribution in [1.82, 2.24) is 5.32 Å². The van der Waals surface area contributed by atoms with Gasteiger partial charge in [-0.05, 0) is 37.5 Å². The molecule has 1 heterocycles. The fourth-order valence-electron chi connectivity index (χ4n) is 1.83. The molecule has 18 heavy (non-hydrogen) atoms. The number of nitrogens with zero attached hydrogens (tertiary/aromatic N) is 1. The van der Waals surface area contributed by atoms with E-state index in [0.29, 0.717) is 0 Å². The van der Waals surface area contributed by atoms with Crippen LogP contribution in [0.25, 0.3) is 0 Å². The molecule has 1 aromatic rings. The van der Waals surface area contributed by atoms with Crippen LogP contribution in [0.15, 0.2) is 33.7 Å². The van der Waals surface area contributed by atoms with Gasteiger partial charge in [0.15, 0.2) is 5.17 Å². The smallest absolute Gasteiger partial charge is 0.157 e. The van der Waals surface area contributed by atoms with Crippen LogP contribution >= 0.6 is 27.7 Å². The van der Waals surface area contributed by atoms with Crippen LogP contribution in [0.1, 0.15) is 32.3 Å². The van der Waals surface area contributed by atoms with Crippen molar-refractivity contribution in [3.63, 3.8) is 0 Å². The Morgan fingerprint density at radius 1 is 1.39 bits per heavy atom. The zero-order chi connectivity index (χ0) is 13.0. The lowest BCUT2D eigenvalue weighted by Gasteiger charge is -2.35. The van der Waals surface area contributed by atoms with Gasteiger partial charge in [-0.3, -0.25) is 4.99 Å². The minimum absolute atomic E-state index is 0.226. The Bertz CT molecular complexity index is 430. The molecule has 4 heteroatoms. The van der Waals surface area contributed by atoms with E-state index in [0.717, 1.165) is 28.4 Å². The third-order valence-corrected chi connectivity index (χ3v) is 4.84. The number of benzene rings is 1. The van der Waals surface area contributed by atoms with Gasteiger partial charge in [-0.2, -0.15) is 0 Å². The fraction of sp³-hybridized carbons (Fsp3) is 0.500. The zero-order valence-electron chi connectivity index (χ0n) is 10.9. The Morgan fingerprint density at radius 3 is 2.78 bits per heavy atom. The molecule has 0 saturated carbocycles. The van der Waals surface area contributed by atoms with Gasteiger partial charge in [0.2, 0.25) is 0 Å². The van der Waals surface area contributed by atoms with Crippen molar-refractivity contribution in [1.29, 1.82) is 0 Å². The number of rotatable bonds is 3. The number of nitrogens with one attached hydrogen (secondary N) is 1. The normalized spacial score (nSPS) is 26.1. The second-order valence-electron chi connectivity index (χ2n) is 4.89. The number of halogens is 1. The highest BCUT2D eigenvalue weighted by Crippen LogP contribution is 2.25. The van der Waals surface area contributed by atoms with Gasteiger partial charge >= 0.3 is 0 Å². The molecule has 0 aromatic heterocycles. The van der Waals surface area contributed by atoms with Crippen LogP contribution in [0.4, 0.5) is 0 Å². The van der Waals surface area contributed by atoms with E-state index in [1.165, 1.54) is 12.0 Å². The number of aliphatic imine (C=N–C) groups is 1. The lowest BCUT2D eigenvalue weighted by atomic mass is 9.96. The molecule has 0 spiro atoms. The first kappa shape index (κ1) is 13.9. The maximum Gasteiger partial charge on any atom is 0.157 e. The van der Waals surface area contributed by atoms with Crippen LogP contribution in [-0.4, -0.2) is 16.5 Å². The highest BCUT2D eigenvalue weighted by Gasteiger charge is 2.27. The third kappa shape index (κ3) is 3.75. The van der Waals surface area contributed by atoms with Crippen LogP contribution in [0.3, 0.4) is 0 Å². The summed E-state index contributed by atoms with van der Waals surface area (Å²) >= 11 is 5.28. The molecule has 1 atom stereocenters. The van der Waals surface area contributed by atoms with Gasteiger partial charge in [-0.15, -0.1) is 0 Å². The minimum Gasteiger partial charge on any atom is -0.360 e. The third-order valence-electron chi connectivity index (χ3n) is 3.40. The van der Waals surface area contributed by atoms with E-state index in [4.69, 9.17) is 0 Å². The maximum atomic E-state index is 4.68. The van der Waals surface area contributed by atoms with Crippen LogP contribution < -0.4 is 5.32 Å². The molecule has 2 rings (SSSR count). The second-order valence-corrected chi connectivity index (χ2v) is 6.88. The summed E-state index contributed by atoms with van der Waals surface area (Å²) < 4.78 is 1.11. The van der Waals surface area contributed by atoms with E-state index in [1.807, 2.05) is 11.8 Å². The average Bonchev–Trinajstić information content (AvgIpc) is 2.38. The van der Waals surface area contributed by atoms with E-state index >= 15 is 0 Å². The number of amidine groups is 1. The molecule has 0 radical (unpaired) electrons. The lowest BCUT2D eigenvalue weighted by Crippen LogP contribution is -2.48. The number of hydrogen-bond donors (Lipinski definition) is 1. The fourth-order valence-corrected chi connectivity index (χ4v) is 3.32. The molecule has 1 aliphatic heterocycles. The molecule has 2 nitrogen and oxygen atoms in total. The molecule has 0 aliphatic carbocycles. The van der Waals surface area contributed by atoms with E-state index in [-0.39, 0.29) is 5.54 Å². The molecule has 98 valence electrons. The van der Waals surface area contributed by atoms with Crippen molar-refractivity contribution in [2.75, 3.05) is 5.75 Å². The predicted molar refractivity (Wildman–Crippen MR) is 84.2 cm³/mol. The van der Waals surface area contributed by atoms with Crippen LogP contribution in [0.2, 0.25) is 0 Å². The lowest BCUT2D eigenvalue weighted by molar-refractivity contribution is 0.390. The SMILES string of the molecule is CCC1(C)CCSC(=NCc2ccc(Br)cc2)N1. The topological polar surface area (TPSA) is 24.4 Å². The van der Waals surface area contributed by atoms with E-state index in [9.17, 15) is 0 Å². The minimum atomic E-state index is 0.226. The van der Waals surface area contributed by atoms with Gasteiger partial charge in [0, 0.05) is 15.8 Å². The summed E-state index contributed by atoms with van der Waals surface area (Å²) in [6, 6.07) is 8.35. The molecule has 0 bridgehead atoms. The largest absolute Gasteiger partial charge is 0.360 e. The summed E-state index contributed by atoms with van der Waals surface area (Å²) in [6.07, 6.45) is 2.36. The zero-order valence-corrected chi connectivity index (χ0v) is 13.3. The Morgan fingerprint density at radius 2 is 2.11 bits per heavy atom. The molecule has 1 saturated heterocycles. The summed E-state index contributed by atoms with van der Waals surface area (Å²) in [6.45, 7) is 5.26. The molecular formula is C14H19BrN2S. The van der Waals surface area contributed by atoms with Gasteiger partial charge in [0.05, 0.1) is 6.54 Å². The average molecular weight is 327 g/mol.